The van der Waals surface area contributed by atoms with Crippen molar-refractivity contribution in [2.45, 2.75) is 30.8 Å². The van der Waals surface area contributed by atoms with Crippen LogP contribution in [0.25, 0.3) is 0 Å². The minimum Gasteiger partial charge on any atom is -0.380 e. The van der Waals surface area contributed by atoms with Crippen molar-refractivity contribution in [1.29, 1.82) is 0 Å². The fourth-order valence-corrected chi connectivity index (χ4v) is 2.42. The minimum atomic E-state index is 0.601. The van der Waals surface area contributed by atoms with Crippen LogP contribution in [-0.4, -0.2) is 25.3 Å². The van der Waals surface area contributed by atoms with Crippen molar-refractivity contribution in [1.82, 2.24) is 5.32 Å². The van der Waals surface area contributed by atoms with E-state index in [1.54, 1.807) is 0 Å². The number of rotatable bonds is 3. The van der Waals surface area contributed by atoms with Gasteiger partial charge in [-0.25, -0.2) is 0 Å². The van der Waals surface area contributed by atoms with Gasteiger partial charge in [-0.1, -0.05) is 30.3 Å². The van der Waals surface area contributed by atoms with Gasteiger partial charge in [-0.3, -0.25) is 0 Å². The van der Waals surface area contributed by atoms with Crippen LogP contribution in [0.15, 0.2) is 30.3 Å². The van der Waals surface area contributed by atoms with Crippen molar-refractivity contribution in [2.75, 3.05) is 13.2 Å². The molecule has 1 heterocycles. The van der Waals surface area contributed by atoms with Crippen LogP contribution in [0, 0.1) is 0 Å². The fraction of sp³-hybridized carbons (Fsp3) is 0.538. The van der Waals surface area contributed by atoms with Gasteiger partial charge in [0.25, 0.3) is 0 Å². The van der Waals surface area contributed by atoms with Crippen molar-refractivity contribution in [2.24, 2.45) is 0 Å². The summed E-state index contributed by atoms with van der Waals surface area (Å²) in [4.78, 5) is 0. The van der Waals surface area contributed by atoms with E-state index in [2.05, 4.69) is 35.6 Å². The lowest BCUT2D eigenvalue weighted by atomic mass is 10.1. The van der Waals surface area contributed by atoms with Crippen LogP contribution < -0.4 is 5.32 Å². The van der Waals surface area contributed by atoms with Gasteiger partial charge in [0.15, 0.2) is 0 Å². The highest BCUT2D eigenvalue weighted by molar-refractivity contribution is 5.27. The van der Waals surface area contributed by atoms with E-state index >= 15 is 0 Å². The predicted octanol–water partition coefficient (Wildman–Crippen LogP) is 1.92. The Morgan fingerprint density at radius 2 is 2.07 bits per heavy atom. The lowest BCUT2D eigenvalue weighted by Crippen LogP contribution is -2.31. The quantitative estimate of drug-likeness (QED) is 0.810. The zero-order valence-corrected chi connectivity index (χ0v) is 8.86. The Morgan fingerprint density at radius 1 is 1.20 bits per heavy atom. The molecule has 0 aromatic heterocycles. The van der Waals surface area contributed by atoms with Gasteiger partial charge in [0.05, 0.1) is 6.61 Å². The van der Waals surface area contributed by atoms with E-state index in [4.69, 9.17) is 4.74 Å². The monoisotopic (exact) mass is 203 g/mol. The molecule has 1 saturated carbocycles. The Labute approximate surface area is 90.6 Å². The summed E-state index contributed by atoms with van der Waals surface area (Å²) < 4.78 is 5.36. The number of hydrogen-bond acceptors (Lipinski definition) is 2. The molecule has 15 heavy (non-hydrogen) atoms. The third-order valence-corrected chi connectivity index (χ3v) is 3.40. The topological polar surface area (TPSA) is 21.3 Å². The highest BCUT2D eigenvalue weighted by atomic mass is 16.5. The van der Waals surface area contributed by atoms with Gasteiger partial charge in [0.2, 0.25) is 0 Å². The second-order valence-electron chi connectivity index (χ2n) is 4.59. The zero-order chi connectivity index (χ0) is 10.1. The normalized spacial score (nSPS) is 34.3. The molecule has 2 fully saturated rings. The highest BCUT2D eigenvalue weighted by Crippen LogP contribution is 2.41. The molecule has 1 aromatic carbocycles. The van der Waals surface area contributed by atoms with Crippen molar-refractivity contribution in [3.8, 4) is 0 Å². The van der Waals surface area contributed by atoms with Crippen LogP contribution in [0.2, 0.25) is 0 Å². The van der Waals surface area contributed by atoms with Gasteiger partial charge in [0.1, 0.15) is 0 Å². The summed E-state index contributed by atoms with van der Waals surface area (Å²) >= 11 is 0. The molecule has 0 bridgehead atoms. The lowest BCUT2D eigenvalue weighted by Gasteiger charge is -2.09. The van der Waals surface area contributed by atoms with Crippen molar-refractivity contribution >= 4 is 0 Å². The Morgan fingerprint density at radius 3 is 2.80 bits per heavy atom. The number of ether oxygens (including phenoxy) is 1. The van der Waals surface area contributed by atoms with Gasteiger partial charge < -0.3 is 10.1 Å². The summed E-state index contributed by atoms with van der Waals surface area (Å²) in [5, 5.41) is 3.68. The number of nitrogens with one attached hydrogen (secondary N) is 1. The maximum atomic E-state index is 5.36. The molecule has 0 amide bonds. The van der Waals surface area contributed by atoms with Gasteiger partial charge in [-0.2, -0.15) is 0 Å². The third kappa shape index (κ3) is 2.06. The maximum Gasteiger partial charge on any atom is 0.0620 e. The summed E-state index contributed by atoms with van der Waals surface area (Å²) in [6.07, 6.45) is 2.47. The molecule has 1 saturated heterocycles. The Kier molecular flexibility index (Phi) is 2.47. The molecule has 0 spiro atoms. The van der Waals surface area contributed by atoms with Crippen LogP contribution in [0.3, 0.4) is 0 Å². The molecule has 3 rings (SSSR count). The Bertz CT molecular complexity index is 319. The molecule has 2 nitrogen and oxygen atoms in total. The average Bonchev–Trinajstić information content (AvgIpc) is 2.84. The summed E-state index contributed by atoms with van der Waals surface area (Å²) in [7, 11) is 0. The summed E-state index contributed by atoms with van der Waals surface area (Å²) in [6.45, 7) is 1.83. The van der Waals surface area contributed by atoms with Crippen LogP contribution in [0.4, 0.5) is 0 Å². The van der Waals surface area contributed by atoms with Gasteiger partial charge >= 0.3 is 0 Å². The summed E-state index contributed by atoms with van der Waals surface area (Å²) in [5.74, 6) is 0.742. The molecule has 2 heteroatoms. The smallest absolute Gasteiger partial charge is 0.0620 e. The first-order valence-electron chi connectivity index (χ1n) is 5.82. The molecule has 1 aromatic rings. The Balaban J connectivity index is 1.55. The number of hydrogen-bond donors (Lipinski definition) is 1. The molecule has 1 aliphatic carbocycles. The molecule has 80 valence electrons. The van der Waals surface area contributed by atoms with Crippen molar-refractivity contribution < 1.29 is 4.74 Å². The van der Waals surface area contributed by atoms with E-state index in [0.29, 0.717) is 12.1 Å². The SMILES string of the molecule is c1ccc(C2CC2NC2CCOC2)cc1. The molecule has 3 unspecified atom stereocenters. The highest BCUT2D eigenvalue weighted by Gasteiger charge is 2.39. The molecule has 3 atom stereocenters. The second kappa shape index (κ2) is 3.95. The van der Waals surface area contributed by atoms with E-state index in [1.807, 2.05) is 0 Å². The van der Waals surface area contributed by atoms with Crippen molar-refractivity contribution in [3.63, 3.8) is 0 Å². The van der Waals surface area contributed by atoms with E-state index in [-0.39, 0.29) is 0 Å². The first-order chi connectivity index (χ1) is 7.43. The summed E-state index contributed by atoms with van der Waals surface area (Å²) in [6, 6.07) is 12.1. The maximum absolute atomic E-state index is 5.36. The molecule has 2 aliphatic rings. The molecule has 1 N–H and O–H groups in total. The summed E-state index contributed by atoms with van der Waals surface area (Å²) in [5.41, 5.74) is 1.48. The molecule has 0 radical (unpaired) electrons. The van der Waals surface area contributed by atoms with Crippen molar-refractivity contribution in [3.05, 3.63) is 35.9 Å². The molecule has 1 aliphatic heterocycles. The van der Waals surface area contributed by atoms with Gasteiger partial charge in [-0.05, 0) is 18.4 Å². The minimum absolute atomic E-state index is 0.601. The predicted molar refractivity (Wildman–Crippen MR) is 59.9 cm³/mol. The van der Waals surface area contributed by atoms with Crippen LogP contribution in [0.5, 0.6) is 0 Å². The van der Waals surface area contributed by atoms with Gasteiger partial charge in [0, 0.05) is 24.6 Å². The lowest BCUT2D eigenvalue weighted by molar-refractivity contribution is 0.189. The fourth-order valence-electron chi connectivity index (χ4n) is 2.42. The molecular weight excluding hydrogens is 186 g/mol. The largest absolute Gasteiger partial charge is 0.380 e. The van der Waals surface area contributed by atoms with E-state index in [0.717, 1.165) is 19.1 Å². The molecular formula is C13H17NO. The van der Waals surface area contributed by atoms with Gasteiger partial charge in [-0.15, -0.1) is 0 Å². The van der Waals surface area contributed by atoms with E-state index in [1.165, 1.54) is 18.4 Å². The third-order valence-electron chi connectivity index (χ3n) is 3.40. The second-order valence-corrected chi connectivity index (χ2v) is 4.59. The van der Waals surface area contributed by atoms with E-state index < -0.39 is 0 Å². The average molecular weight is 203 g/mol. The Hall–Kier alpha value is -0.860. The van der Waals surface area contributed by atoms with Crippen LogP contribution in [-0.2, 0) is 4.74 Å². The standard InChI is InChI=1S/C13H17NO/c1-2-4-10(5-3-1)12-8-13(12)14-11-6-7-15-9-11/h1-5,11-14H,6-9H2. The van der Waals surface area contributed by atoms with E-state index in [9.17, 15) is 0 Å². The van der Waals surface area contributed by atoms with Crippen LogP contribution in [0.1, 0.15) is 24.3 Å². The van der Waals surface area contributed by atoms with Crippen LogP contribution >= 0.6 is 0 Å². The first-order valence-corrected chi connectivity index (χ1v) is 5.82. The first kappa shape index (κ1) is 9.37. The number of benzene rings is 1. The zero-order valence-electron chi connectivity index (χ0n) is 8.86.